The lowest BCUT2D eigenvalue weighted by Gasteiger charge is -1.91. The number of fused-ring (bicyclic) bond motifs is 1. The van der Waals surface area contributed by atoms with Crippen LogP contribution in [0.2, 0.25) is 0 Å². The van der Waals surface area contributed by atoms with Crippen LogP contribution in [0.4, 0.5) is 0 Å². The first-order valence-electron chi connectivity index (χ1n) is 3.83. The van der Waals surface area contributed by atoms with Crippen molar-refractivity contribution in [1.82, 2.24) is 0 Å². The molecule has 1 heteroatoms. The van der Waals surface area contributed by atoms with Gasteiger partial charge in [0.05, 0.1) is 0 Å². The highest BCUT2D eigenvalue weighted by molar-refractivity contribution is 6.19. The van der Waals surface area contributed by atoms with E-state index in [1.807, 2.05) is 0 Å². The van der Waals surface area contributed by atoms with Crippen molar-refractivity contribution in [2.75, 3.05) is 5.88 Å². The minimum atomic E-state index is 0.677. The predicted octanol–water partition coefficient (Wildman–Crippen LogP) is 2.75. The van der Waals surface area contributed by atoms with Gasteiger partial charge in [-0.1, -0.05) is 18.2 Å². The molecule has 0 unspecified atom stereocenters. The summed E-state index contributed by atoms with van der Waals surface area (Å²) < 4.78 is 0. The molecule has 0 spiro atoms. The molecule has 0 aromatic carbocycles. The van der Waals surface area contributed by atoms with E-state index in [2.05, 4.69) is 18.2 Å². The first kappa shape index (κ1) is 6.48. The molecule has 0 radical (unpaired) electrons. The predicted molar refractivity (Wildman–Crippen MR) is 44.2 cm³/mol. The van der Waals surface area contributed by atoms with Gasteiger partial charge < -0.3 is 0 Å². The molecule has 1 saturated carbocycles. The number of alkyl halides is 1. The highest BCUT2D eigenvalue weighted by Crippen LogP contribution is 2.44. The number of allylic oxidation sites excluding steroid dienone is 4. The minimum Gasteiger partial charge on any atom is -0.122 e. The van der Waals surface area contributed by atoms with Gasteiger partial charge in [0.1, 0.15) is 0 Å². The molecule has 2 atom stereocenters. The zero-order valence-corrected chi connectivity index (χ0v) is 6.64. The van der Waals surface area contributed by atoms with Crippen molar-refractivity contribution in [2.24, 2.45) is 11.8 Å². The molecule has 2 aliphatic rings. The van der Waals surface area contributed by atoms with Gasteiger partial charge in [0.2, 0.25) is 0 Å². The van der Waals surface area contributed by atoms with Crippen molar-refractivity contribution in [1.29, 1.82) is 0 Å². The average molecular weight is 155 g/mol. The van der Waals surface area contributed by atoms with Gasteiger partial charge in [-0.15, -0.1) is 11.6 Å². The lowest BCUT2D eigenvalue weighted by molar-refractivity contribution is 0.811. The maximum Gasteiger partial charge on any atom is 0.0470 e. The van der Waals surface area contributed by atoms with Gasteiger partial charge in [-0.25, -0.2) is 0 Å². The molecular weight excluding hydrogens is 144 g/mol. The smallest absolute Gasteiger partial charge is 0.0470 e. The Labute approximate surface area is 66.6 Å². The third-order valence-electron chi connectivity index (χ3n) is 2.37. The quantitative estimate of drug-likeness (QED) is 0.510. The van der Waals surface area contributed by atoms with Gasteiger partial charge in [0, 0.05) is 5.88 Å². The van der Waals surface area contributed by atoms with E-state index < -0.39 is 0 Å². The van der Waals surface area contributed by atoms with Gasteiger partial charge in [0.15, 0.2) is 0 Å². The summed E-state index contributed by atoms with van der Waals surface area (Å²) in [6.45, 7) is 0. The molecule has 0 saturated heterocycles. The summed E-state index contributed by atoms with van der Waals surface area (Å²) in [5, 5.41) is 0. The van der Waals surface area contributed by atoms with Crippen LogP contribution in [0.5, 0.6) is 0 Å². The molecule has 0 nitrogen and oxygen atoms in total. The Morgan fingerprint density at radius 1 is 1.60 bits per heavy atom. The second kappa shape index (κ2) is 2.43. The Hall–Kier alpha value is -0.230. The molecule has 0 bridgehead atoms. The highest BCUT2D eigenvalue weighted by atomic mass is 35.5. The van der Waals surface area contributed by atoms with Crippen molar-refractivity contribution in [3.8, 4) is 0 Å². The Balaban J connectivity index is 2.09. The molecule has 0 N–H and O–H groups in total. The Kier molecular flexibility index (Phi) is 1.57. The highest BCUT2D eigenvalue weighted by Gasteiger charge is 2.34. The lowest BCUT2D eigenvalue weighted by atomic mass is 10.2. The van der Waals surface area contributed by atoms with Crippen LogP contribution < -0.4 is 0 Å². The van der Waals surface area contributed by atoms with Crippen LogP contribution in [0.25, 0.3) is 0 Å². The molecule has 0 aromatic heterocycles. The van der Waals surface area contributed by atoms with Crippen LogP contribution in [-0.4, -0.2) is 5.88 Å². The van der Waals surface area contributed by atoms with E-state index in [-0.39, 0.29) is 0 Å². The Bertz CT molecular complexity index is 191. The topological polar surface area (TPSA) is 0 Å². The Morgan fingerprint density at radius 2 is 2.50 bits per heavy atom. The summed E-state index contributed by atoms with van der Waals surface area (Å²) in [4.78, 5) is 0. The zero-order valence-electron chi connectivity index (χ0n) is 5.89. The second-order valence-electron chi connectivity index (χ2n) is 3.17. The first-order chi connectivity index (χ1) is 4.90. The summed E-state index contributed by atoms with van der Waals surface area (Å²) in [6, 6.07) is 0. The van der Waals surface area contributed by atoms with E-state index in [4.69, 9.17) is 11.6 Å². The van der Waals surface area contributed by atoms with Crippen LogP contribution in [0, 0.1) is 11.8 Å². The van der Waals surface area contributed by atoms with Crippen LogP contribution >= 0.6 is 11.6 Å². The maximum absolute atomic E-state index is 5.70. The summed E-state index contributed by atoms with van der Waals surface area (Å²) in [5.74, 6) is 2.52. The van der Waals surface area contributed by atoms with Crippen molar-refractivity contribution >= 4 is 11.6 Å². The molecule has 1 fully saturated rings. The summed E-state index contributed by atoms with van der Waals surface area (Å²) in [7, 11) is 0. The molecule has 0 heterocycles. The van der Waals surface area contributed by atoms with Crippen LogP contribution in [-0.2, 0) is 0 Å². The average Bonchev–Trinajstić information content (AvgIpc) is 2.63. The molecule has 0 amide bonds. The lowest BCUT2D eigenvalue weighted by Crippen LogP contribution is -1.78. The van der Waals surface area contributed by atoms with Crippen LogP contribution in [0.15, 0.2) is 23.8 Å². The van der Waals surface area contributed by atoms with E-state index >= 15 is 0 Å². The number of hydrogen-bond acceptors (Lipinski definition) is 0. The molecule has 0 aliphatic heterocycles. The zero-order chi connectivity index (χ0) is 6.97. The number of hydrogen-bond donors (Lipinski definition) is 0. The van der Waals surface area contributed by atoms with Gasteiger partial charge in [-0.2, -0.15) is 0 Å². The number of halogens is 1. The van der Waals surface area contributed by atoms with E-state index in [1.165, 1.54) is 18.4 Å². The third kappa shape index (κ3) is 1.13. The van der Waals surface area contributed by atoms with Crippen LogP contribution in [0.1, 0.15) is 12.8 Å². The van der Waals surface area contributed by atoms with Crippen molar-refractivity contribution < 1.29 is 0 Å². The fraction of sp³-hybridized carbons (Fsp3) is 0.556. The maximum atomic E-state index is 5.70. The van der Waals surface area contributed by atoms with E-state index in [9.17, 15) is 0 Å². The monoisotopic (exact) mass is 154 g/mol. The third-order valence-corrected chi connectivity index (χ3v) is 2.68. The van der Waals surface area contributed by atoms with E-state index in [1.54, 1.807) is 0 Å². The normalized spacial score (nSPS) is 36.3. The molecular formula is C9H11Cl. The Morgan fingerprint density at radius 3 is 3.30 bits per heavy atom. The van der Waals surface area contributed by atoms with E-state index in [0.29, 0.717) is 5.88 Å². The van der Waals surface area contributed by atoms with Gasteiger partial charge >= 0.3 is 0 Å². The SMILES string of the molecule is ClCC1=CC[C@@H]2C[C@@H]2C=C1. The number of rotatable bonds is 1. The first-order valence-corrected chi connectivity index (χ1v) is 4.37. The van der Waals surface area contributed by atoms with E-state index in [0.717, 1.165) is 11.8 Å². The van der Waals surface area contributed by atoms with Gasteiger partial charge in [-0.05, 0) is 30.3 Å². The minimum absolute atomic E-state index is 0.677. The molecule has 54 valence electrons. The second-order valence-corrected chi connectivity index (χ2v) is 3.43. The summed E-state index contributed by atoms with van der Waals surface area (Å²) >= 11 is 5.70. The largest absolute Gasteiger partial charge is 0.122 e. The standard InChI is InChI=1S/C9H11Cl/c10-6-7-1-3-8-5-9(8)4-2-7/h1-3,8-9H,4-6H2/t8-,9+/m0/s1. The molecule has 2 rings (SSSR count). The molecule has 0 aromatic rings. The van der Waals surface area contributed by atoms with Crippen molar-refractivity contribution in [3.63, 3.8) is 0 Å². The van der Waals surface area contributed by atoms with Crippen molar-refractivity contribution in [3.05, 3.63) is 23.8 Å². The molecule has 10 heavy (non-hydrogen) atoms. The fourth-order valence-electron chi connectivity index (χ4n) is 1.49. The summed E-state index contributed by atoms with van der Waals surface area (Å²) in [5.41, 5.74) is 1.30. The van der Waals surface area contributed by atoms with Crippen molar-refractivity contribution in [2.45, 2.75) is 12.8 Å². The van der Waals surface area contributed by atoms with Gasteiger partial charge in [-0.3, -0.25) is 0 Å². The van der Waals surface area contributed by atoms with Crippen LogP contribution in [0.3, 0.4) is 0 Å². The fourth-order valence-corrected chi connectivity index (χ4v) is 1.69. The van der Waals surface area contributed by atoms with Gasteiger partial charge in [0.25, 0.3) is 0 Å². The summed E-state index contributed by atoms with van der Waals surface area (Å²) in [6.07, 6.45) is 9.43. The molecule has 2 aliphatic carbocycles.